The first-order valence-electron chi connectivity index (χ1n) is 11.9. The minimum Gasteiger partial charge on any atom is -0.464 e. The highest BCUT2D eigenvalue weighted by atomic mass is 16.3. The Hall–Kier alpha value is -2.09. The minimum atomic E-state index is 0.506. The molecule has 0 bridgehead atoms. The summed E-state index contributed by atoms with van der Waals surface area (Å²) in [5.41, 5.74) is 9.99. The van der Waals surface area contributed by atoms with Gasteiger partial charge in [0.1, 0.15) is 5.76 Å². The average Bonchev–Trinajstić information content (AvgIpc) is 3.20. The molecule has 30 heavy (non-hydrogen) atoms. The molecule has 0 aliphatic heterocycles. The Morgan fingerprint density at radius 1 is 1.20 bits per heavy atom. The number of pyridine rings is 1. The van der Waals surface area contributed by atoms with Crippen molar-refractivity contribution in [3.05, 3.63) is 70.5 Å². The van der Waals surface area contributed by atoms with Crippen molar-refractivity contribution in [2.75, 3.05) is 0 Å². The van der Waals surface area contributed by atoms with Crippen molar-refractivity contribution < 1.29 is 4.42 Å². The summed E-state index contributed by atoms with van der Waals surface area (Å²) in [4.78, 5) is 5.36. The molecule has 2 heteroatoms. The van der Waals surface area contributed by atoms with Crippen LogP contribution in [-0.4, -0.2) is 4.98 Å². The van der Waals surface area contributed by atoms with Gasteiger partial charge in [-0.15, -0.1) is 0 Å². The number of fused-ring (bicyclic) bond motifs is 1. The van der Waals surface area contributed by atoms with Crippen LogP contribution < -0.4 is 0 Å². The number of furan rings is 1. The Morgan fingerprint density at radius 3 is 2.67 bits per heavy atom. The summed E-state index contributed by atoms with van der Waals surface area (Å²) in [6, 6.07) is 3.93. The van der Waals surface area contributed by atoms with E-state index in [0.29, 0.717) is 17.8 Å². The number of hydrogen-bond acceptors (Lipinski definition) is 2. The van der Waals surface area contributed by atoms with Crippen molar-refractivity contribution in [2.24, 2.45) is 5.92 Å². The van der Waals surface area contributed by atoms with E-state index < -0.39 is 0 Å². The second kappa shape index (κ2) is 8.96. The zero-order valence-corrected chi connectivity index (χ0v) is 19.3. The lowest BCUT2D eigenvalue weighted by Crippen LogP contribution is -2.17. The maximum Gasteiger partial charge on any atom is 0.133 e. The highest BCUT2D eigenvalue weighted by molar-refractivity contribution is 5.69. The fourth-order valence-corrected chi connectivity index (χ4v) is 5.67. The SMILES string of the molecule is C=C(/C=C1\CCC(c2nc(C(C)C)c3c(c2C)CCCC3)C[C@@H](C)C1)c1ccco1. The zero-order valence-electron chi connectivity index (χ0n) is 19.3. The third-order valence-corrected chi connectivity index (χ3v) is 7.12. The molecule has 0 radical (unpaired) electrons. The van der Waals surface area contributed by atoms with Gasteiger partial charge in [0.25, 0.3) is 0 Å². The molecule has 0 amide bonds. The Balaban J connectivity index is 1.62. The average molecular weight is 404 g/mol. The second-order valence-corrected chi connectivity index (χ2v) is 9.91. The molecule has 2 aromatic heterocycles. The number of aromatic nitrogens is 1. The molecular weight excluding hydrogens is 366 g/mol. The summed E-state index contributed by atoms with van der Waals surface area (Å²) in [6.45, 7) is 13.6. The van der Waals surface area contributed by atoms with Gasteiger partial charge in [0.05, 0.1) is 6.26 Å². The van der Waals surface area contributed by atoms with E-state index >= 15 is 0 Å². The Kier molecular flexibility index (Phi) is 6.32. The predicted octanol–water partition coefficient (Wildman–Crippen LogP) is 7.92. The van der Waals surface area contributed by atoms with E-state index in [-0.39, 0.29) is 0 Å². The Labute approximate surface area is 182 Å². The van der Waals surface area contributed by atoms with Gasteiger partial charge in [0.15, 0.2) is 0 Å². The van der Waals surface area contributed by atoms with Gasteiger partial charge in [-0.2, -0.15) is 0 Å². The molecule has 2 aliphatic rings. The number of hydrogen-bond donors (Lipinski definition) is 0. The van der Waals surface area contributed by atoms with E-state index in [1.54, 1.807) is 17.4 Å². The van der Waals surface area contributed by atoms with Gasteiger partial charge < -0.3 is 4.42 Å². The van der Waals surface area contributed by atoms with Gasteiger partial charge in [0.2, 0.25) is 0 Å². The summed E-state index contributed by atoms with van der Waals surface area (Å²) in [6.07, 6.45) is 13.8. The van der Waals surface area contributed by atoms with Crippen LogP contribution in [0.2, 0.25) is 0 Å². The third kappa shape index (κ3) is 4.33. The molecule has 2 aromatic rings. The Bertz CT molecular complexity index is 932. The van der Waals surface area contributed by atoms with Crippen LogP contribution in [0.15, 0.2) is 41.0 Å². The van der Waals surface area contributed by atoms with Gasteiger partial charge in [-0.25, -0.2) is 0 Å². The highest BCUT2D eigenvalue weighted by Crippen LogP contribution is 2.41. The molecule has 1 unspecified atom stereocenters. The molecule has 0 spiro atoms. The normalized spacial score (nSPS) is 23.4. The highest BCUT2D eigenvalue weighted by Gasteiger charge is 2.28. The van der Waals surface area contributed by atoms with Gasteiger partial charge in [-0.1, -0.05) is 39.0 Å². The first kappa shape index (κ1) is 21.2. The lowest BCUT2D eigenvalue weighted by atomic mass is 9.81. The monoisotopic (exact) mass is 403 g/mol. The van der Waals surface area contributed by atoms with Crippen molar-refractivity contribution >= 4 is 5.57 Å². The Morgan fingerprint density at radius 2 is 1.97 bits per heavy atom. The fourth-order valence-electron chi connectivity index (χ4n) is 5.67. The maximum atomic E-state index is 5.54. The molecule has 2 heterocycles. The second-order valence-electron chi connectivity index (χ2n) is 9.91. The van der Waals surface area contributed by atoms with Crippen LogP contribution in [0.1, 0.15) is 105 Å². The smallest absolute Gasteiger partial charge is 0.133 e. The molecule has 2 nitrogen and oxygen atoms in total. The van der Waals surface area contributed by atoms with Crippen LogP contribution in [-0.2, 0) is 12.8 Å². The number of allylic oxidation sites excluding steroid dienone is 3. The molecular formula is C28H37NO. The molecule has 160 valence electrons. The van der Waals surface area contributed by atoms with Gasteiger partial charge >= 0.3 is 0 Å². The molecule has 2 atom stereocenters. The maximum absolute atomic E-state index is 5.54. The molecule has 0 aromatic carbocycles. The van der Waals surface area contributed by atoms with Crippen LogP contribution >= 0.6 is 0 Å². The van der Waals surface area contributed by atoms with Gasteiger partial charge in [0, 0.05) is 22.9 Å². The summed E-state index contributed by atoms with van der Waals surface area (Å²) >= 11 is 0. The van der Waals surface area contributed by atoms with Gasteiger partial charge in [-0.05, 0) is 98.9 Å². The lowest BCUT2D eigenvalue weighted by molar-refractivity contribution is 0.470. The van der Waals surface area contributed by atoms with Gasteiger partial charge in [-0.3, -0.25) is 4.98 Å². The molecule has 0 saturated heterocycles. The quantitative estimate of drug-likeness (QED) is 0.485. The van der Waals surface area contributed by atoms with Crippen LogP contribution in [0, 0.1) is 12.8 Å². The zero-order chi connectivity index (χ0) is 21.3. The topological polar surface area (TPSA) is 26.0 Å². The van der Waals surface area contributed by atoms with Crippen LogP contribution in [0.25, 0.3) is 5.57 Å². The molecule has 2 aliphatic carbocycles. The molecule has 0 N–H and O–H groups in total. The van der Waals surface area contributed by atoms with Crippen molar-refractivity contribution in [1.82, 2.24) is 4.98 Å². The van der Waals surface area contributed by atoms with E-state index in [4.69, 9.17) is 9.40 Å². The van der Waals surface area contributed by atoms with Crippen LogP contribution in [0.5, 0.6) is 0 Å². The third-order valence-electron chi connectivity index (χ3n) is 7.12. The van der Waals surface area contributed by atoms with E-state index in [0.717, 1.165) is 24.2 Å². The van der Waals surface area contributed by atoms with Crippen molar-refractivity contribution in [1.29, 1.82) is 0 Å². The number of nitrogens with zero attached hydrogens (tertiary/aromatic N) is 1. The molecule has 4 rings (SSSR count). The standard InChI is InChI=1S/C28H37NO/c1-18(2)27-25-10-7-6-9-24(25)21(5)28(29-27)23-13-12-22(15-19(3)16-23)17-20(4)26-11-8-14-30-26/h8,11,14,17-19,23H,4,6-7,9-10,12-13,15-16H2,1-3,5H3/b22-17+/t19-,23?/m0/s1. The van der Waals surface area contributed by atoms with Crippen LogP contribution in [0.3, 0.4) is 0 Å². The van der Waals surface area contributed by atoms with E-state index in [1.807, 2.05) is 12.1 Å². The molecule has 1 saturated carbocycles. The fraction of sp³-hybridized carbons (Fsp3) is 0.536. The predicted molar refractivity (Wildman–Crippen MR) is 126 cm³/mol. The summed E-state index contributed by atoms with van der Waals surface area (Å²) in [7, 11) is 0. The summed E-state index contributed by atoms with van der Waals surface area (Å²) < 4.78 is 5.54. The van der Waals surface area contributed by atoms with E-state index in [9.17, 15) is 0 Å². The van der Waals surface area contributed by atoms with Crippen molar-refractivity contribution in [3.63, 3.8) is 0 Å². The minimum absolute atomic E-state index is 0.506. The molecule has 1 fully saturated rings. The number of rotatable bonds is 4. The van der Waals surface area contributed by atoms with Crippen molar-refractivity contribution in [3.8, 4) is 0 Å². The first-order chi connectivity index (χ1) is 14.4. The van der Waals surface area contributed by atoms with E-state index in [1.165, 1.54) is 61.0 Å². The van der Waals surface area contributed by atoms with Crippen LogP contribution in [0.4, 0.5) is 0 Å². The summed E-state index contributed by atoms with van der Waals surface area (Å²) in [5.74, 6) is 2.61. The summed E-state index contributed by atoms with van der Waals surface area (Å²) in [5, 5.41) is 0. The largest absolute Gasteiger partial charge is 0.464 e. The first-order valence-corrected chi connectivity index (χ1v) is 11.9. The van der Waals surface area contributed by atoms with Crippen molar-refractivity contribution in [2.45, 2.75) is 90.9 Å². The van der Waals surface area contributed by atoms with E-state index in [2.05, 4.69) is 40.3 Å². The lowest BCUT2D eigenvalue weighted by Gasteiger charge is -2.28.